The molecule has 0 aliphatic heterocycles. The standard InChI is InChI=1S/C18H13ClFNS/c19-15-5-3-13(4-6-15)18(14-2-1-11-21-12-14)22-17-9-7-16(20)8-10-17/h1-12,18H. The Bertz CT molecular complexity index is 729. The Morgan fingerprint density at radius 3 is 2.27 bits per heavy atom. The highest BCUT2D eigenvalue weighted by Gasteiger charge is 2.16. The van der Waals surface area contributed by atoms with E-state index < -0.39 is 0 Å². The third kappa shape index (κ3) is 3.67. The lowest BCUT2D eigenvalue weighted by molar-refractivity contribution is 0.626. The van der Waals surface area contributed by atoms with E-state index in [9.17, 15) is 4.39 Å². The normalized spacial score (nSPS) is 12.1. The minimum atomic E-state index is -0.228. The van der Waals surface area contributed by atoms with E-state index in [2.05, 4.69) is 4.98 Å². The van der Waals surface area contributed by atoms with Gasteiger partial charge in [-0.25, -0.2) is 4.39 Å². The number of thioether (sulfide) groups is 1. The first kappa shape index (κ1) is 15.1. The number of pyridine rings is 1. The maximum absolute atomic E-state index is 13.1. The molecule has 1 unspecified atom stereocenters. The van der Waals surface area contributed by atoms with E-state index in [1.54, 1.807) is 30.1 Å². The number of nitrogens with zero attached hydrogens (tertiary/aromatic N) is 1. The number of benzene rings is 2. The van der Waals surface area contributed by atoms with Gasteiger partial charge in [0.05, 0.1) is 5.25 Å². The van der Waals surface area contributed by atoms with Crippen molar-refractivity contribution >= 4 is 23.4 Å². The molecule has 2 aromatic carbocycles. The molecular weight excluding hydrogens is 317 g/mol. The molecule has 1 nitrogen and oxygen atoms in total. The maximum Gasteiger partial charge on any atom is 0.123 e. The van der Waals surface area contributed by atoms with Gasteiger partial charge in [0.2, 0.25) is 0 Å². The molecule has 0 fully saturated rings. The number of rotatable bonds is 4. The van der Waals surface area contributed by atoms with Crippen LogP contribution in [0.4, 0.5) is 4.39 Å². The molecule has 0 N–H and O–H groups in total. The van der Waals surface area contributed by atoms with Gasteiger partial charge in [0.15, 0.2) is 0 Å². The SMILES string of the molecule is Fc1ccc(SC(c2ccc(Cl)cc2)c2cccnc2)cc1. The summed E-state index contributed by atoms with van der Waals surface area (Å²) in [5, 5.41) is 0.789. The summed E-state index contributed by atoms with van der Waals surface area (Å²) in [5.74, 6) is -0.228. The molecule has 0 radical (unpaired) electrons. The van der Waals surface area contributed by atoms with Crippen LogP contribution in [0.25, 0.3) is 0 Å². The van der Waals surface area contributed by atoms with Gasteiger partial charge >= 0.3 is 0 Å². The van der Waals surface area contributed by atoms with Gasteiger partial charge in [0, 0.05) is 22.3 Å². The van der Waals surface area contributed by atoms with Crippen LogP contribution >= 0.6 is 23.4 Å². The summed E-state index contributed by atoms with van der Waals surface area (Å²) in [4.78, 5) is 5.21. The summed E-state index contributed by atoms with van der Waals surface area (Å²) >= 11 is 7.64. The van der Waals surface area contributed by atoms with Gasteiger partial charge in [-0.1, -0.05) is 29.8 Å². The quantitative estimate of drug-likeness (QED) is 0.565. The number of aromatic nitrogens is 1. The molecule has 1 aromatic heterocycles. The molecule has 0 bridgehead atoms. The van der Waals surface area contributed by atoms with Crippen molar-refractivity contribution in [3.05, 3.63) is 95.0 Å². The summed E-state index contributed by atoms with van der Waals surface area (Å²) in [6, 6.07) is 18.3. The molecule has 0 amide bonds. The molecule has 0 saturated carbocycles. The van der Waals surface area contributed by atoms with Gasteiger partial charge in [-0.15, -0.1) is 11.8 Å². The lowest BCUT2D eigenvalue weighted by atomic mass is 10.1. The maximum atomic E-state index is 13.1. The summed E-state index contributed by atoms with van der Waals surface area (Å²) in [6.07, 6.45) is 3.61. The van der Waals surface area contributed by atoms with E-state index in [1.807, 2.05) is 42.6 Å². The van der Waals surface area contributed by atoms with E-state index >= 15 is 0 Å². The van der Waals surface area contributed by atoms with Crippen LogP contribution in [0, 0.1) is 5.82 Å². The number of halogens is 2. The molecule has 0 spiro atoms. The van der Waals surface area contributed by atoms with E-state index in [0.29, 0.717) is 5.02 Å². The zero-order chi connectivity index (χ0) is 15.4. The Balaban J connectivity index is 1.96. The zero-order valence-electron chi connectivity index (χ0n) is 11.6. The molecule has 3 rings (SSSR count). The first-order chi connectivity index (χ1) is 10.7. The van der Waals surface area contributed by atoms with Crippen molar-refractivity contribution in [2.24, 2.45) is 0 Å². The van der Waals surface area contributed by atoms with Crippen molar-refractivity contribution in [2.45, 2.75) is 10.1 Å². The molecule has 22 heavy (non-hydrogen) atoms. The topological polar surface area (TPSA) is 12.9 Å². The Morgan fingerprint density at radius 1 is 0.909 bits per heavy atom. The second kappa shape index (κ2) is 6.95. The van der Waals surface area contributed by atoms with Crippen LogP contribution in [-0.2, 0) is 0 Å². The molecule has 3 aromatic rings. The van der Waals surface area contributed by atoms with Gasteiger partial charge in [-0.3, -0.25) is 4.98 Å². The lowest BCUT2D eigenvalue weighted by Crippen LogP contribution is -1.97. The van der Waals surface area contributed by atoms with Crippen LogP contribution in [0.1, 0.15) is 16.4 Å². The summed E-state index contributed by atoms with van der Waals surface area (Å²) < 4.78 is 13.1. The molecule has 0 aliphatic carbocycles. The van der Waals surface area contributed by atoms with Crippen molar-refractivity contribution in [1.82, 2.24) is 4.98 Å². The predicted octanol–water partition coefficient (Wildman–Crippen LogP) is 5.76. The van der Waals surface area contributed by atoms with Gasteiger partial charge < -0.3 is 0 Å². The molecule has 0 saturated heterocycles. The minimum Gasteiger partial charge on any atom is -0.264 e. The van der Waals surface area contributed by atoms with Gasteiger partial charge in [0.1, 0.15) is 5.82 Å². The van der Waals surface area contributed by atoms with E-state index in [-0.39, 0.29) is 11.1 Å². The predicted molar refractivity (Wildman–Crippen MR) is 89.8 cm³/mol. The fraction of sp³-hybridized carbons (Fsp3) is 0.0556. The van der Waals surface area contributed by atoms with E-state index in [1.165, 1.54) is 12.1 Å². The smallest absolute Gasteiger partial charge is 0.123 e. The summed E-state index contributed by atoms with van der Waals surface area (Å²) in [7, 11) is 0. The average molecular weight is 330 g/mol. The fourth-order valence-electron chi connectivity index (χ4n) is 2.15. The van der Waals surface area contributed by atoms with Crippen LogP contribution in [0.5, 0.6) is 0 Å². The van der Waals surface area contributed by atoms with E-state index in [4.69, 9.17) is 11.6 Å². The third-order valence-electron chi connectivity index (χ3n) is 3.23. The van der Waals surface area contributed by atoms with Crippen molar-refractivity contribution in [3.8, 4) is 0 Å². The minimum absolute atomic E-state index is 0.0800. The molecule has 0 aliphatic rings. The van der Waals surface area contributed by atoms with Crippen LogP contribution in [0.2, 0.25) is 5.02 Å². The van der Waals surface area contributed by atoms with Crippen LogP contribution in [-0.4, -0.2) is 4.98 Å². The van der Waals surface area contributed by atoms with Gasteiger partial charge in [-0.2, -0.15) is 0 Å². The average Bonchev–Trinajstić information content (AvgIpc) is 2.56. The molecular formula is C18H13ClFNS. The summed E-state index contributed by atoms with van der Waals surface area (Å²) in [6.45, 7) is 0. The van der Waals surface area contributed by atoms with E-state index in [0.717, 1.165) is 16.0 Å². The fourth-order valence-corrected chi connectivity index (χ4v) is 3.41. The Labute approximate surface area is 138 Å². The molecule has 1 heterocycles. The number of hydrogen-bond acceptors (Lipinski definition) is 2. The van der Waals surface area contributed by atoms with Crippen LogP contribution < -0.4 is 0 Å². The van der Waals surface area contributed by atoms with Crippen molar-refractivity contribution in [1.29, 1.82) is 0 Å². The van der Waals surface area contributed by atoms with Gasteiger partial charge in [0.25, 0.3) is 0 Å². The summed E-state index contributed by atoms with van der Waals surface area (Å²) in [5.41, 5.74) is 2.23. The monoisotopic (exact) mass is 329 g/mol. The lowest BCUT2D eigenvalue weighted by Gasteiger charge is -2.17. The second-order valence-corrected chi connectivity index (χ2v) is 6.40. The van der Waals surface area contributed by atoms with Gasteiger partial charge in [-0.05, 0) is 53.6 Å². The second-order valence-electron chi connectivity index (χ2n) is 4.79. The highest BCUT2D eigenvalue weighted by Crippen LogP contribution is 2.40. The Hall–Kier alpha value is -1.84. The van der Waals surface area contributed by atoms with Crippen LogP contribution in [0.15, 0.2) is 78.0 Å². The van der Waals surface area contributed by atoms with Crippen molar-refractivity contribution < 1.29 is 4.39 Å². The first-order valence-electron chi connectivity index (χ1n) is 6.80. The molecule has 1 atom stereocenters. The molecule has 110 valence electrons. The zero-order valence-corrected chi connectivity index (χ0v) is 13.2. The van der Waals surface area contributed by atoms with Crippen molar-refractivity contribution in [2.75, 3.05) is 0 Å². The Morgan fingerprint density at radius 2 is 1.64 bits per heavy atom. The van der Waals surface area contributed by atoms with Crippen LogP contribution in [0.3, 0.4) is 0 Å². The Kier molecular flexibility index (Phi) is 4.76. The highest BCUT2D eigenvalue weighted by molar-refractivity contribution is 7.99. The van der Waals surface area contributed by atoms with Crippen molar-refractivity contribution in [3.63, 3.8) is 0 Å². The number of hydrogen-bond donors (Lipinski definition) is 0. The third-order valence-corrected chi connectivity index (χ3v) is 4.80. The highest BCUT2D eigenvalue weighted by atomic mass is 35.5. The molecule has 4 heteroatoms. The first-order valence-corrected chi connectivity index (χ1v) is 8.06. The largest absolute Gasteiger partial charge is 0.264 e.